The maximum absolute atomic E-state index is 12.1. The van der Waals surface area contributed by atoms with E-state index in [0.29, 0.717) is 18.0 Å². The number of anilines is 1. The molecular formula is C18H19N3OS2. The summed E-state index contributed by atoms with van der Waals surface area (Å²) in [7, 11) is 0. The normalized spacial score (nSPS) is 10.8. The third-order valence-electron chi connectivity index (χ3n) is 3.72. The van der Waals surface area contributed by atoms with Gasteiger partial charge in [-0.25, -0.2) is 9.97 Å². The molecule has 0 aliphatic rings. The van der Waals surface area contributed by atoms with Gasteiger partial charge < -0.3 is 5.32 Å². The van der Waals surface area contributed by atoms with E-state index in [1.807, 2.05) is 12.3 Å². The molecule has 0 atom stereocenters. The number of hydrogen-bond donors (Lipinski definition) is 1. The van der Waals surface area contributed by atoms with Crippen LogP contribution in [0.15, 0.2) is 35.2 Å². The number of benzene rings is 1. The lowest BCUT2D eigenvalue weighted by Gasteiger charge is -2.01. The second kappa shape index (κ2) is 7.68. The highest BCUT2D eigenvalue weighted by molar-refractivity contribution is 7.15. The number of nitrogens with one attached hydrogen (secondary N) is 1. The lowest BCUT2D eigenvalue weighted by Crippen LogP contribution is -2.12. The van der Waals surface area contributed by atoms with Crippen molar-refractivity contribution < 1.29 is 4.79 Å². The first-order chi connectivity index (χ1) is 11.6. The number of thiazole rings is 2. The Bertz CT molecular complexity index is 807. The molecule has 124 valence electrons. The van der Waals surface area contributed by atoms with Gasteiger partial charge in [-0.1, -0.05) is 29.8 Å². The van der Waals surface area contributed by atoms with Gasteiger partial charge in [0.2, 0.25) is 5.91 Å². The van der Waals surface area contributed by atoms with Crippen LogP contribution in [-0.2, 0) is 17.6 Å². The summed E-state index contributed by atoms with van der Waals surface area (Å²) in [5.74, 6) is -0.0152. The van der Waals surface area contributed by atoms with Gasteiger partial charge in [-0.15, -0.1) is 22.7 Å². The standard InChI is InChI=1S/C18H19N3OS2/c1-12-3-5-14(6-4-12)9-16-13(2)20-18(24-16)21-17(22)8-7-15-10-23-11-19-15/h3-6,10-11H,7-9H2,1-2H3,(H,20,21,22). The van der Waals surface area contributed by atoms with Crippen LogP contribution in [0, 0.1) is 13.8 Å². The molecular weight excluding hydrogens is 338 g/mol. The summed E-state index contributed by atoms with van der Waals surface area (Å²) in [6.45, 7) is 4.08. The van der Waals surface area contributed by atoms with E-state index < -0.39 is 0 Å². The summed E-state index contributed by atoms with van der Waals surface area (Å²) in [6, 6.07) is 8.51. The molecule has 6 heteroatoms. The Morgan fingerprint density at radius 3 is 2.71 bits per heavy atom. The fourth-order valence-corrected chi connectivity index (χ4v) is 3.93. The Labute approximate surface area is 149 Å². The van der Waals surface area contributed by atoms with Gasteiger partial charge in [-0.2, -0.15) is 0 Å². The van der Waals surface area contributed by atoms with Crippen LogP contribution in [0.1, 0.15) is 33.8 Å². The van der Waals surface area contributed by atoms with E-state index >= 15 is 0 Å². The van der Waals surface area contributed by atoms with Crippen LogP contribution < -0.4 is 5.32 Å². The smallest absolute Gasteiger partial charge is 0.226 e. The molecule has 0 fully saturated rings. The van der Waals surface area contributed by atoms with Crippen molar-refractivity contribution in [3.8, 4) is 0 Å². The number of aryl methyl sites for hydroxylation is 3. The Balaban J connectivity index is 1.58. The van der Waals surface area contributed by atoms with Crippen molar-refractivity contribution in [2.75, 3.05) is 5.32 Å². The molecule has 0 radical (unpaired) electrons. The first kappa shape index (κ1) is 16.8. The quantitative estimate of drug-likeness (QED) is 0.712. The zero-order chi connectivity index (χ0) is 16.9. The summed E-state index contributed by atoms with van der Waals surface area (Å²) < 4.78 is 0. The van der Waals surface area contributed by atoms with Crippen molar-refractivity contribution in [3.05, 3.63) is 62.5 Å². The van der Waals surface area contributed by atoms with Crippen LogP contribution >= 0.6 is 22.7 Å². The minimum absolute atomic E-state index is 0.0152. The molecule has 0 bridgehead atoms. The van der Waals surface area contributed by atoms with Crippen LogP contribution in [-0.4, -0.2) is 15.9 Å². The summed E-state index contributed by atoms with van der Waals surface area (Å²) in [5.41, 5.74) is 6.25. The first-order valence-corrected chi connectivity index (χ1v) is 9.55. The van der Waals surface area contributed by atoms with Gasteiger partial charge >= 0.3 is 0 Å². The molecule has 4 nitrogen and oxygen atoms in total. The zero-order valence-electron chi connectivity index (χ0n) is 13.7. The Kier molecular flexibility index (Phi) is 5.37. The minimum atomic E-state index is -0.0152. The van der Waals surface area contributed by atoms with Crippen LogP contribution in [0.2, 0.25) is 0 Å². The lowest BCUT2D eigenvalue weighted by atomic mass is 10.1. The van der Waals surface area contributed by atoms with E-state index in [0.717, 1.165) is 17.8 Å². The van der Waals surface area contributed by atoms with Crippen molar-refractivity contribution >= 4 is 33.7 Å². The fourth-order valence-electron chi connectivity index (χ4n) is 2.32. The molecule has 3 rings (SSSR count). The maximum Gasteiger partial charge on any atom is 0.226 e. The molecule has 2 aromatic heterocycles. The average Bonchev–Trinajstić information content (AvgIpc) is 3.18. The molecule has 0 spiro atoms. The number of rotatable bonds is 6. The molecule has 2 heterocycles. The number of carbonyl (C=O) groups excluding carboxylic acids is 1. The fraction of sp³-hybridized carbons (Fsp3) is 0.278. The molecule has 3 aromatic rings. The average molecular weight is 358 g/mol. The van der Waals surface area contributed by atoms with Crippen LogP contribution in [0.3, 0.4) is 0 Å². The lowest BCUT2D eigenvalue weighted by molar-refractivity contribution is -0.116. The predicted molar refractivity (Wildman–Crippen MR) is 99.9 cm³/mol. The van der Waals surface area contributed by atoms with Crippen molar-refractivity contribution in [1.82, 2.24) is 9.97 Å². The molecule has 1 amide bonds. The number of hydrogen-bond acceptors (Lipinski definition) is 5. The van der Waals surface area contributed by atoms with E-state index in [4.69, 9.17) is 0 Å². The number of carbonyl (C=O) groups is 1. The van der Waals surface area contributed by atoms with Gasteiger partial charge in [0.05, 0.1) is 16.9 Å². The van der Waals surface area contributed by atoms with Crippen molar-refractivity contribution in [3.63, 3.8) is 0 Å². The third kappa shape index (κ3) is 4.49. The second-order valence-electron chi connectivity index (χ2n) is 5.72. The van der Waals surface area contributed by atoms with E-state index in [9.17, 15) is 4.79 Å². The molecule has 0 unspecified atom stereocenters. The molecule has 24 heavy (non-hydrogen) atoms. The van der Waals surface area contributed by atoms with Crippen molar-refractivity contribution in [2.45, 2.75) is 33.1 Å². The zero-order valence-corrected chi connectivity index (χ0v) is 15.3. The van der Waals surface area contributed by atoms with Crippen LogP contribution in [0.25, 0.3) is 0 Å². The Morgan fingerprint density at radius 2 is 2.00 bits per heavy atom. The number of nitrogens with zero attached hydrogens (tertiary/aromatic N) is 2. The minimum Gasteiger partial charge on any atom is -0.302 e. The second-order valence-corrected chi connectivity index (χ2v) is 7.52. The molecule has 0 aliphatic heterocycles. The van der Waals surface area contributed by atoms with Gasteiger partial charge in [0.1, 0.15) is 0 Å². The van der Waals surface area contributed by atoms with Gasteiger partial charge in [-0.05, 0) is 25.8 Å². The molecule has 0 saturated carbocycles. The summed E-state index contributed by atoms with van der Waals surface area (Å²) in [6.07, 6.45) is 1.93. The van der Waals surface area contributed by atoms with Crippen LogP contribution in [0.4, 0.5) is 5.13 Å². The maximum atomic E-state index is 12.1. The number of amides is 1. The molecule has 0 saturated heterocycles. The predicted octanol–water partition coefficient (Wildman–Crippen LogP) is 4.38. The molecule has 1 aromatic carbocycles. The molecule has 1 N–H and O–H groups in total. The Hall–Kier alpha value is -2.05. The number of aromatic nitrogens is 2. The summed E-state index contributed by atoms with van der Waals surface area (Å²) in [4.78, 5) is 21.9. The summed E-state index contributed by atoms with van der Waals surface area (Å²) >= 11 is 3.10. The third-order valence-corrected chi connectivity index (χ3v) is 5.42. The monoisotopic (exact) mass is 357 g/mol. The SMILES string of the molecule is Cc1ccc(Cc2sc(NC(=O)CCc3cscn3)nc2C)cc1. The first-order valence-electron chi connectivity index (χ1n) is 7.79. The molecule has 0 aliphatic carbocycles. The van der Waals surface area contributed by atoms with E-state index in [1.54, 1.807) is 28.2 Å². The van der Waals surface area contributed by atoms with Crippen molar-refractivity contribution in [1.29, 1.82) is 0 Å². The van der Waals surface area contributed by atoms with E-state index in [-0.39, 0.29) is 5.91 Å². The Morgan fingerprint density at radius 1 is 1.21 bits per heavy atom. The largest absolute Gasteiger partial charge is 0.302 e. The highest BCUT2D eigenvalue weighted by Crippen LogP contribution is 2.25. The topological polar surface area (TPSA) is 54.9 Å². The van der Waals surface area contributed by atoms with Gasteiger partial charge in [0.25, 0.3) is 0 Å². The highest BCUT2D eigenvalue weighted by atomic mass is 32.1. The van der Waals surface area contributed by atoms with Gasteiger partial charge in [0.15, 0.2) is 5.13 Å². The van der Waals surface area contributed by atoms with E-state index in [1.165, 1.54) is 16.0 Å². The van der Waals surface area contributed by atoms with Crippen molar-refractivity contribution in [2.24, 2.45) is 0 Å². The van der Waals surface area contributed by atoms with E-state index in [2.05, 4.69) is 46.5 Å². The van der Waals surface area contributed by atoms with Gasteiger partial charge in [-0.3, -0.25) is 4.79 Å². The summed E-state index contributed by atoms with van der Waals surface area (Å²) in [5, 5.41) is 5.56. The highest BCUT2D eigenvalue weighted by Gasteiger charge is 2.11. The van der Waals surface area contributed by atoms with Gasteiger partial charge in [0, 0.05) is 23.1 Å². The van der Waals surface area contributed by atoms with Crippen LogP contribution in [0.5, 0.6) is 0 Å².